The zero-order valence-corrected chi connectivity index (χ0v) is 25.2. The fraction of sp³-hybridized carbons (Fsp3) is 0.229. The van der Waals surface area contributed by atoms with Gasteiger partial charge in [0.2, 0.25) is 0 Å². The third kappa shape index (κ3) is 6.22. The molecule has 6 aromatic rings. The van der Waals surface area contributed by atoms with Crippen molar-refractivity contribution in [2.45, 2.75) is 45.8 Å². The molecule has 4 heterocycles. The van der Waals surface area contributed by atoms with Gasteiger partial charge >= 0.3 is 6.09 Å². The van der Waals surface area contributed by atoms with Crippen molar-refractivity contribution in [2.75, 3.05) is 12.3 Å². The quantitative estimate of drug-likeness (QED) is 0.186. The summed E-state index contributed by atoms with van der Waals surface area (Å²) in [6.07, 6.45) is 7.22. The third-order valence-corrected chi connectivity index (χ3v) is 7.31. The van der Waals surface area contributed by atoms with Crippen molar-refractivity contribution in [1.82, 2.24) is 25.3 Å². The maximum absolute atomic E-state index is 12.2. The minimum absolute atomic E-state index is 0.228. The summed E-state index contributed by atoms with van der Waals surface area (Å²) in [5.74, 6) is 0.932. The number of para-hydroxylation sites is 1. The summed E-state index contributed by atoms with van der Waals surface area (Å²) in [4.78, 5) is 30.6. The summed E-state index contributed by atoms with van der Waals surface area (Å²) in [6.45, 7) is 7.72. The van der Waals surface area contributed by atoms with Crippen molar-refractivity contribution in [3.63, 3.8) is 0 Å². The Morgan fingerprint density at radius 2 is 1.68 bits per heavy atom. The molecule has 6 rings (SSSR count). The fourth-order valence-corrected chi connectivity index (χ4v) is 5.06. The van der Waals surface area contributed by atoms with E-state index in [2.05, 4.69) is 49.5 Å². The number of amides is 1. The standard InChI is InChI=1S/C35H34N6O3/c1-5-25(40-34(42)44-35(2,3)4)20-43-26-13-24(16-37-18-26)32-15-27-28-14-21(10-11-31(28)39-19-29(27)33(36)41-32)23-12-22-8-6-7-9-30(22)38-17-23/h6-19,25H,5,20H2,1-4H3,(H2,36,41)(H,40,42)/t25-/m1/s1. The van der Waals surface area contributed by atoms with E-state index in [9.17, 15) is 4.79 Å². The molecular weight excluding hydrogens is 552 g/mol. The van der Waals surface area contributed by atoms with Crippen LogP contribution >= 0.6 is 0 Å². The van der Waals surface area contributed by atoms with E-state index in [4.69, 9.17) is 15.2 Å². The number of benzene rings is 2. The number of nitrogens with one attached hydrogen (secondary N) is 1. The lowest BCUT2D eigenvalue weighted by Crippen LogP contribution is -2.41. The van der Waals surface area contributed by atoms with Crippen molar-refractivity contribution in [3.8, 4) is 28.1 Å². The predicted octanol–water partition coefficient (Wildman–Crippen LogP) is 7.32. The molecule has 0 saturated heterocycles. The van der Waals surface area contributed by atoms with Crippen LogP contribution in [0.15, 0.2) is 85.5 Å². The zero-order chi connectivity index (χ0) is 30.8. The van der Waals surface area contributed by atoms with Gasteiger partial charge in [0.15, 0.2) is 0 Å². The summed E-state index contributed by atoms with van der Waals surface area (Å²) >= 11 is 0. The number of nitrogens with two attached hydrogens (primary N) is 1. The first-order valence-corrected chi connectivity index (χ1v) is 14.6. The molecule has 222 valence electrons. The summed E-state index contributed by atoms with van der Waals surface area (Å²) in [7, 11) is 0. The first-order chi connectivity index (χ1) is 21.2. The van der Waals surface area contributed by atoms with Crippen molar-refractivity contribution >= 4 is 44.5 Å². The Balaban J connectivity index is 1.30. The normalized spacial score (nSPS) is 12.4. The van der Waals surface area contributed by atoms with Crippen LogP contribution in [-0.4, -0.2) is 44.3 Å². The van der Waals surface area contributed by atoms with Gasteiger partial charge in [0.1, 0.15) is 23.8 Å². The number of pyridine rings is 4. The van der Waals surface area contributed by atoms with Gasteiger partial charge in [-0.2, -0.15) is 0 Å². The third-order valence-electron chi connectivity index (χ3n) is 7.31. The first-order valence-electron chi connectivity index (χ1n) is 14.6. The predicted molar refractivity (Wildman–Crippen MR) is 174 cm³/mol. The highest BCUT2D eigenvalue weighted by molar-refractivity contribution is 6.10. The van der Waals surface area contributed by atoms with Crippen LogP contribution in [0, 0.1) is 0 Å². The largest absolute Gasteiger partial charge is 0.490 e. The van der Waals surface area contributed by atoms with Gasteiger partial charge in [0, 0.05) is 45.9 Å². The van der Waals surface area contributed by atoms with Crippen molar-refractivity contribution in [2.24, 2.45) is 0 Å². The van der Waals surface area contributed by atoms with Crippen LogP contribution in [0.4, 0.5) is 10.6 Å². The topological polar surface area (TPSA) is 125 Å². The molecule has 0 unspecified atom stereocenters. The number of fused-ring (bicyclic) bond motifs is 4. The number of hydrogen-bond donors (Lipinski definition) is 2. The summed E-state index contributed by atoms with van der Waals surface area (Å²) < 4.78 is 11.4. The molecule has 0 spiro atoms. The molecule has 0 fully saturated rings. The smallest absolute Gasteiger partial charge is 0.407 e. The molecule has 9 nitrogen and oxygen atoms in total. The Kier molecular flexibility index (Phi) is 7.69. The Morgan fingerprint density at radius 3 is 2.50 bits per heavy atom. The first kappa shape index (κ1) is 28.8. The molecule has 0 aliphatic heterocycles. The Morgan fingerprint density at radius 1 is 0.864 bits per heavy atom. The molecular formula is C35H34N6O3. The number of hydrogen-bond acceptors (Lipinski definition) is 8. The average molecular weight is 587 g/mol. The highest BCUT2D eigenvalue weighted by Gasteiger charge is 2.19. The summed E-state index contributed by atoms with van der Waals surface area (Å²) in [6, 6.07) is 20.1. The molecule has 0 saturated carbocycles. The summed E-state index contributed by atoms with van der Waals surface area (Å²) in [5, 5.41) is 6.62. The monoisotopic (exact) mass is 586 g/mol. The van der Waals surface area contributed by atoms with Gasteiger partial charge in [-0.25, -0.2) is 9.78 Å². The van der Waals surface area contributed by atoms with Gasteiger partial charge in [-0.15, -0.1) is 0 Å². The Bertz CT molecular complexity index is 2000. The number of carbonyl (C=O) groups excluding carboxylic acids is 1. The van der Waals surface area contributed by atoms with Gasteiger partial charge in [-0.1, -0.05) is 31.2 Å². The van der Waals surface area contributed by atoms with Gasteiger partial charge < -0.3 is 20.5 Å². The number of anilines is 1. The van der Waals surface area contributed by atoms with Crippen LogP contribution in [0.1, 0.15) is 34.1 Å². The van der Waals surface area contributed by atoms with Crippen LogP contribution in [0.25, 0.3) is 55.0 Å². The van der Waals surface area contributed by atoms with E-state index in [1.54, 1.807) is 18.6 Å². The van der Waals surface area contributed by atoms with E-state index >= 15 is 0 Å². The highest BCUT2D eigenvalue weighted by atomic mass is 16.6. The maximum atomic E-state index is 12.2. The van der Waals surface area contributed by atoms with Crippen molar-refractivity contribution in [1.29, 1.82) is 0 Å². The van der Waals surface area contributed by atoms with Gasteiger partial charge in [-0.3, -0.25) is 15.0 Å². The molecule has 0 radical (unpaired) electrons. The zero-order valence-electron chi connectivity index (χ0n) is 25.2. The molecule has 0 aliphatic rings. The average Bonchev–Trinajstić information content (AvgIpc) is 3.01. The molecule has 4 aromatic heterocycles. The lowest BCUT2D eigenvalue weighted by atomic mass is 9.99. The molecule has 1 amide bonds. The van der Waals surface area contributed by atoms with E-state index in [1.807, 2.05) is 70.3 Å². The number of nitrogens with zero attached hydrogens (tertiary/aromatic N) is 4. The molecule has 9 heteroatoms. The van der Waals surface area contributed by atoms with Crippen LogP contribution in [-0.2, 0) is 4.74 Å². The molecule has 0 bridgehead atoms. The lowest BCUT2D eigenvalue weighted by molar-refractivity contribution is 0.0486. The number of nitrogen functional groups attached to an aromatic ring is 1. The summed E-state index contributed by atoms with van der Waals surface area (Å²) in [5.41, 5.74) is 11.2. The lowest BCUT2D eigenvalue weighted by Gasteiger charge is -2.23. The van der Waals surface area contributed by atoms with Crippen LogP contribution < -0.4 is 15.8 Å². The van der Waals surface area contributed by atoms with E-state index in [1.165, 1.54) is 0 Å². The molecule has 2 aromatic carbocycles. The molecule has 0 aliphatic carbocycles. The van der Waals surface area contributed by atoms with E-state index < -0.39 is 11.7 Å². The fourth-order valence-electron chi connectivity index (χ4n) is 5.06. The second-order valence-electron chi connectivity index (χ2n) is 11.7. The maximum Gasteiger partial charge on any atom is 0.407 e. The van der Waals surface area contributed by atoms with E-state index in [-0.39, 0.29) is 12.6 Å². The second kappa shape index (κ2) is 11.8. The van der Waals surface area contributed by atoms with Crippen LogP contribution in [0.3, 0.4) is 0 Å². The SMILES string of the molecule is CC[C@H](COc1cncc(-c2cc3c(cnc4ccc(-c5cnc6ccccc6c5)cc43)c(N)n2)c1)NC(=O)OC(C)(C)C. The number of carbonyl (C=O) groups is 1. The number of aromatic nitrogens is 4. The van der Waals surface area contributed by atoms with E-state index in [0.717, 1.165) is 49.3 Å². The number of alkyl carbamates (subject to hydrolysis) is 1. The number of rotatable bonds is 7. The van der Waals surface area contributed by atoms with Crippen molar-refractivity contribution in [3.05, 3.63) is 85.5 Å². The molecule has 3 N–H and O–H groups in total. The number of ether oxygens (including phenoxy) is 2. The van der Waals surface area contributed by atoms with Crippen LogP contribution in [0.5, 0.6) is 5.75 Å². The minimum Gasteiger partial charge on any atom is -0.490 e. The highest BCUT2D eigenvalue weighted by Crippen LogP contribution is 2.34. The van der Waals surface area contributed by atoms with Crippen LogP contribution in [0.2, 0.25) is 0 Å². The van der Waals surface area contributed by atoms with E-state index in [0.29, 0.717) is 23.7 Å². The molecule has 44 heavy (non-hydrogen) atoms. The Hall–Kier alpha value is -5.31. The van der Waals surface area contributed by atoms with Gasteiger partial charge in [0.05, 0.1) is 29.0 Å². The minimum atomic E-state index is -0.577. The van der Waals surface area contributed by atoms with Crippen molar-refractivity contribution < 1.29 is 14.3 Å². The molecule has 1 atom stereocenters. The van der Waals surface area contributed by atoms with Gasteiger partial charge in [0.25, 0.3) is 0 Å². The van der Waals surface area contributed by atoms with Gasteiger partial charge in [-0.05, 0) is 74.5 Å². The second-order valence-corrected chi connectivity index (χ2v) is 11.7. The Labute approximate surface area is 255 Å².